The lowest BCUT2D eigenvalue weighted by Gasteiger charge is -2.29. The average molecular weight is 401 g/mol. The van der Waals surface area contributed by atoms with E-state index in [9.17, 15) is 9.59 Å². The van der Waals surface area contributed by atoms with Crippen molar-refractivity contribution in [2.45, 2.75) is 52.1 Å². The highest BCUT2D eigenvalue weighted by molar-refractivity contribution is 6.30. The molecule has 150 valence electrons. The van der Waals surface area contributed by atoms with Crippen molar-refractivity contribution in [1.82, 2.24) is 10.2 Å². The Morgan fingerprint density at radius 2 is 1.71 bits per heavy atom. The van der Waals surface area contributed by atoms with E-state index < -0.39 is 6.04 Å². The van der Waals surface area contributed by atoms with E-state index in [1.807, 2.05) is 42.5 Å². The summed E-state index contributed by atoms with van der Waals surface area (Å²) in [4.78, 5) is 27.2. The maximum atomic E-state index is 13.0. The van der Waals surface area contributed by atoms with Gasteiger partial charge in [0.15, 0.2) is 0 Å². The van der Waals surface area contributed by atoms with E-state index in [0.29, 0.717) is 31.0 Å². The Labute approximate surface area is 172 Å². The molecule has 0 heterocycles. The van der Waals surface area contributed by atoms with Gasteiger partial charge in [0.05, 0.1) is 0 Å². The number of carbonyl (C=O) groups is 2. The van der Waals surface area contributed by atoms with Crippen molar-refractivity contribution in [3.8, 4) is 0 Å². The molecule has 5 heteroatoms. The van der Waals surface area contributed by atoms with Crippen molar-refractivity contribution in [3.63, 3.8) is 0 Å². The second kappa shape index (κ2) is 11.5. The van der Waals surface area contributed by atoms with Crippen LogP contribution in [0.5, 0.6) is 0 Å². The van der Waals surface area contributed by atoms with Gasteiger partial charge >= 0.3 is 0 Å². The highest BCUT2D eigenvalue weighted by atomic mass is 35.5. The first-order valence-corrected chi connectivity index (χ1v) is 10.2. The lowest BCUT2D eigenvalue weighted by molar-refractivity contribution is -0.140. The number of rotatable bonds is 10. The highest BCUT2D eigenvalue weighted by Gasteiger charge is 2.25. The smallest absolute Gasteiger partial charge is 0.242 e. The van der Waals surface area contributed by atoms with Gasteiger partial charge in [-0.2, -0.15) is 0 Å². The Bertz CT molecular complexity index is 747. The highest BCUT2D eigenvalue weighted by Crippen LogP contribution is 2.15. The first-order valence-electron chi connectivity index (χ1n) is 9.86. The van der Waals surface area contributed by atoms with Crippen LogP contribution in [-0.4, -0.2) is 29.3 Å². The molecule has 0 spiro atoms. The number of benzene rings is 2. The zero-order chi connectivity index (χ0) is 20.4. The summed E-state index contributed by atoms with van der Waals surface area (Å²) in [6.07, 6.45) is 2.96. The Morgan fingerprint density at radius 3 is 2.36 bits per heavy atom. The maximum Gasteiger partial charge on any atom is 0.242 e. The summed E-state index contributed by atoms with van der Waals surface area (Å²) < 4.78 is 0. The fourth-order valence-corrected chi connectivity index (χ4v) is 3.07. The van der Waals surface area contributed by atoms with Gasteiger partial charge in [-0.05, 0) is 43.0 Å². The van der Waals surface area contributed by atoms with E-state index in [2.05, 4.69) is 12.2 Å². The lowest BCUT2D eigenvalue weighted by Crippen LogP contribution is -2.47. The van der Waals surface area contributed by atoms with Gasteiger partial charge in [0.1, 0.15) is 6.04 Å². The molecule has 0 aliphatic carbocycles. The molecule has 1 N–H and O–H groups in total. The number of nitrogens with zero attached hydrogens (tertiary/aromatic N) is 1. The summed E-state index contributed by atoms with van der Waals surface area (Å²) in [6, 6.07) is 16.8. The van der Waals surface area contributed by atoms with Crippen molar-refractivity contribution < 1.29 is 9.59 Å². The molecule has 0 saturated carbocycles. The van der Waals surface area contributed by atoms with Crippen LogP contribution in [0.1, 0.15) is 44.2 Å². The zero-order valence-corrected chi connectivity index (χ0v) is 17.4. The molecular weight excluding hydrogens is 372 g/mol. The predicted molar refractivity (Wildman–Crippen MR) is 114 cm³/mol. The van der Waals surface area contributed by atoms with Crippen LogP contribution in [0.3, 0.4) is 0 Å². The summed E-state index contributed by atoms with van der Waals surface area (Å²) in [6.45, 7) is 4.88. The maximum absolute atomic E-state index is 13.0. The molecule has 28 heavy (non-hydrogen) atoms. The van der Waals surface area contributed by atoms with Gasteiger partial charge in [0.2, 0.25) is 11.8 Å². The Hall–Kier alpha value is -2.33. The summed E-state index contributed by atoms with van der Waals surface area (Å²) in [5, 5.41) is 3.58. The molecule has 0 aliphatic rings. The summed E-state index contributed by atoms with van der Waals surface area (Å²) >= 11 is 5.97. The minimum Gasteiger partial charge on any atom is -0.354 e. The first-order chi connectivity index (χ1) is 13.5. The monoisotopic (exact) mass is 400 g/mol. The van der Waals surface area contributed by atoms with Crippen LogP contribution in [0.2, 0.25) is 5.02 Å². The molecule has 2 aromatic rings. The summed E-state index contributed by atoms with van der Waals surface area (Å²) in [7, 11) is 0. The molecule has 4 nitrogen and oxygen atoms in total. The molecule has 0 saturated heterocycles. The molecule has 0 aromatic heterocycles. The molecule has 0 bridgehead atoms. The minimum atomic E-state index is -0.532. The fourth-order valence-electron chi connectivity index (χ4n) is 2.94. The number of hydrogen-bond acceptors (Lipinski definition) is 2. The lowest BCUT2D eigenvalue weighted by atomic mass is 10.1. The average Bonchev–Trinajstić information content (AvgIpc) is 2.72. The van der Waals surface area contributed by atoms with Crippen molar-refractivity contribution in [3.05, 3.63) is 70.7 Å². The number of unbranched alkanes of at least 4 members (excludes halogenated alkanes) is 1. The van der Waals surface area contributed by atoms with Gasteiger partial charge in [0, 0.05) is 24.5 Å². The van der Waals surface area contributed by atoms with Crippen molar-refractivity contribution >= 4 is 23.4 Å². The van der Waals surface area contributed by atoms with E-state index in [1.54, 1.807) is 24.0 Å². The number of nitrogens with one attached hydrogen (secondary N) is 1. The van der Waals surface area contributed by atoms with E-state index in [4.69, 9.17) is 11.6 Å². The second-order valence-electron chi connectivity index (χ2n) is 6.95. The SMILES string of the molecule is CCCCNC(=O)[C@@H](C)N(Cc1ccc(Cl)cc1)C(=O)CCc1ccccc1. The first kappa shape index (κ1) is 22.0. The second-order valence-corrected chi connectivity index (χ2v) is 7.39. The van der Waals surface area contributed by atoms with Gasteiger partial charge in [-0.3, -0.25) is 9.59 Å². The van der Waals surface area contributed by atoms with Crippen molar-refractivity contribution in [2.24, 2.45) is 0 Å². The Morgan fingerprint density at radius 1 is 1.04 bits per heavy atom. The number of amides is 2. The number of hydrogen-bond donors (Lipinski definition) is 1. The van der Waals surface area contributed by atoms with Crippen LogP contribution in [0, 0.1) is 0 Å². The molecular formula is C23H29ClN2O2. The zero-order valence-electron chi connectivity index (χ0n) is 16.7. The van der Waals surface area contributed by atoms with Crippen LogP contribution in [0.4, 0.5) is 0 Å². The van der Waals surface area contributed by atoms with Crippen LogP contribution in [0.25, 0.3) is 0 Å². The predicted octanol–water partition coefficient (Wildman–Crippen LogP) is 4.61. The van der Waals surface area contributed by atoms with Gasteiger partial charge < -0.3 is 10.2 Å². The van der Waals surface area contributed by atoms with E-state index in [1.165, 1.54) is 0 Å². The molecule has 0 fully saturated rings. The van der Waals surface area contributed by atoms with Gasteiger partial charge in [-0.15, -0.1) is 0 Å². The Kier molecular flexibility index (Phi) is 9.02. The van der Waals surface area contributed by atoms with Gasteiger partial charge in [-0.1, -0.05) is 67.4 Å². The normalized spacial score (nSPS) is 11.7. The molecule has 0 radical (unpaired) electrons. The van der Waals surface area contributed by atoms with E-state index in [-0.39, 0.29) is 11.8 Å². The molecule has 0 unspecified atom stereocenters. The number of carbonyl (C=O) groups excluding carboxylic acids is 2. The van der Waals surface area contributed by atoms with Crippen LogP contribution in [0.15, 0.2) is 54.6 Å². The topological polar surface area (TPSA) is 49.4 Å². The Balaban J connectivity index is 2.08. The van der Waals surface area contributed by atoms with Crippen LogP contribution >= 0.6 is 11.6 Å². The van der Waals surface area contributed by atoms with Gasteiger partial charge in [-0.25, -0.2) is 0 Å². The van der Waals surface area contributed by atoms with Crippen molar-refractivity contribution in [1.29, 1.82) is 0 Å². The molecule has 2 aromatic carbocycles. The fraction of sp³-hybridized carbons (Fsp3) is 0.391. The molecule has 1 atom stereocenters. The minimum absolute atomic E-state index is 0.0306. The summed E-state index contributed by atoms with van der Waals surface area (Å²) in [5.41, 5.74) is 2.06. The third-order valence-electron chi connectivity index (χ3n) is 4.73. The molecule has 2 rings (SSSR count). The van der Waals surface area contributed by atoms with Crippen LogP contribution < -0.4 is 5.32 Å². The third kappa shape index (κ3) is 7.01. The van der Waals surface area contributed by atoms with Crippen molar-refractivity contribution in [2.75, 3.05) is 6.54 Å². The van der Waals surface area contributed by atoms with Gasteiger partial charge in [0.25, 0.3) is 0 Å². The number of halogens is 1. The third-order valence-corrected chi connectivity index (χ3v) is 4.99. The molecule has 2 amide bonds. The standard InChI is InChI=1S/C23H29ClN2O2/c1-3-4-16-25-23(28)18(2)26(17-20-10-13-21(24)14-11-20)22(27)15-12-19-8-6-5-7-9-19/h5-11,13-14,18H,3-4,12,15-17H2,1-2H3,(H,25,28)/t18-/m1/s1. The van der Waals surface area contributed by atoms with E-state index in [0.717, 1.165) is 24.0 Å². The van der Waals surface area contributed by atoms with E-state index >= 15 is 0 Å². The van der Waals surface area contributed by atoms with Crippen LogP contribution in [-0.2, 0) is 22.6 Å². The largest absolute Gasteiger partial charge is 0.354 e. The molecule has 0 aliphatic heterocycles. The quantitative estimate of drug-likeness (QED) is 0.592. The summed E-state index contributed by atoms with van der Waals surface area (Å²) in [5.74, 6) is -0.146. The number of aryl methyl sites for hydroxylation is 1.